The van der Waals surface area contributed by atoms with E-state index in [-0.39, 0.29) is 18.3 Å². The molecule has 4 aromatic rings. The second kappa shape index (κ2) is 7.55. The van der Waals surface area contributed by atoms with E-state index in [1.54, 1.807) is 12.1 Å². The van der Waals surface area contributed by atoms with Gasteiger partial charge in [-0.05, 0) is 30.3 Å². The molecule has 0 aliphatic carbocycles. The van der Waals surface area contributed by atoms with Crippen LogP contribution in [0.3, 0.4) is 0 Å². The average molecular weight is 377 g/mol. The van der Waals surface area contributed by atoms with Crippen molar-refractivity contribution in [1.82, 2.24) is 9.55 Å². The van der Waals surface area contributed by atoms with Crippen molar-refractivity contribution in [2.24, 2.45) is 0 Å². The zero-order valence-corrected chi connectivity index (χ0v) is 15.1. The number of benzene rings is 2. The summed E-state index contributed by atoms with van der Waals surface area (Å²) < 4.78 is 15.1. The first-order valence-electron chi connectivity index (χ1n) is 8.41. The lowest BCUT2D eigenvalue weighted by Gasteiger charge is -2.09. The number of aromatic nitrogens is 2. The predicted octanol–water partition coefficient (Wildman–Crippen LogP) is 5.06. The van der Waals surface area contributed by atoms with Gasteiger partial charge in [0.1, 0.15) is 17.4 Å². The van der Waals surface area contributed by atoms with E-state index in [9.17, 15) is 9.18 Å². The molecule has 0 fully saturated rings. The summed E-state index contributed by atoms with van der Waals surface area (Å²) in [7, 11) is 0. The van der Waals surface area contributed by atoms with E-state index in [0.717, 1.165) is 22.0 Å². The molecule has 0 saturated carbocycles. The van der Waals surface area contributed by atoms with Crippen LogP contribution in [0.15, 0.2) is 78.3 Å². The molecule has 0 spiro atoms. The summed E-state index contributed by atoms with van der Waals surface area (Å²) in [4.78, 5) is 17.0. The maximum absolute atomic E-state index is 13.3. The molecule has 6 heteroatoms. The molecule has 27 heavy (non-hydrogen) atoms. The van der Waals surface area contributed by atoms with Crippen molar-refractivity contribution >= 4 is 22.9 Å². The number of halogens is 1. The lowest BCUT2D eigenvalue weighted by Crippen LogP contribution is -2.18. The van der Waals surface area contributed by atoms with Gasteiger partial charge in [-0.1, -0.05) is 36.4 Å². The molecule has 4 rings (SSSR count). The van der Waals surface area contributed by atoms with Gasteiger partial charge in [0.15, 0.2) is 0 Å². The first kappa shape index (κ1) is 17.2. The number of nitrogens with one attached hydrogen (secondary N) is 1. The van der Waals surface area contributed by atoms with E-state index in [4.69, 9.17) is 4.98 Å². The molecule has 0 aliphatic heterocycles. The molecule has 0 unspecified atom stereocenters. The number of hydrogen-bond acceptors (Lipinski definition) is 3. The molecule has 4 nitrogen and oxygen atoms in total. The lowest BCUT2D eigenvalue weighted by molar-refractivity contribution is -0.116. The Hall–Kier alpha value is -3.25. The van der Waals surface area contributed by atoms with Crippen LogP contribution < -0.4 is 5.32 Å². The van der Waals surface area contributed by atoms with Gasteiger partial charge in [-0.2, -0.15) is 0 Å². The minimum absolute atomic E-state index is 0.124. The third-order valence-corrected chi connectivity index (χ3v) is 4.91. The van der Waals surface area contributed by atoms with Crippen LogP contribution >= 0.6 is 11.3 Å². The highest BCUT2D eigenvalue weighted by Gasteiger charge is 2.12. The van der Waals surface area contributed by atoms with Crippen molar-refractivity contribution < 1.29 is 9.18 Å². The fraction of sp³-hybridized carbons (Fsp3) is 0.0476. The number of anilines is 1. The van der Waals surface area contributed by atoms with Crippen LogP contribution in [0, 0.1) is 5.82 Å². The Morgan fingerprint density at radius 2 is 1.93 bits per heavy atom. The number of amides is 1. The quantitative estimate of drug-likeness (QED) is 0.529. The molecule has 2 aromatic heterocycles. The molecule has 0 radical (unpaired) electrons. The van der Waals surface area contributed by atoms with Crippen LogP contribution in [-0.2, 0) is 11.3 Å². The standard InChI is InChI=1S/C21H16FN3OS/c22-16-8-4-9-17(12-16)23-20(26)13-25-11-5-10-19(25)21-24-18(14-27-21)15-6-2-1-3-7-15/h1-12,14H,13H2,(H,23,26). The Bertz CT molecular complexity index is 1070. The smallest absolute Gasteiger partial charge is 0.244 e. The van der Waals surface area contributed by atoms with Crippen molar-refractivity contribution in [3.8, 4) is 22.0 Å². The Morgan fingerprint density at radius 3 is 2.74 bits per heavy atom. The van der Waals surface area contributed by atoms with Crippen LogP contribution in [0.5, 0.6) is 0 Å². The van der Waals surface area contributed by atoms with Crippen molar-refractivity contribution in [3.05, 3.63) is 84.1 Å². The normalized spacial score (nSPS) is 10.7. The zero-order valence-electron chi connectivity index (χ0n) is 14.3. The van der Waals surface area contributed by atoms with Gasteiger partial charge >= 0.3 is 0 Å². The van der Waals surface area contributed by atoms with Crippen molar-refractivity contribution in [3.63, 3.8) is 0 Å². The number of nitrogens with zero attached hydrogens (tertiary/aromatic N) is 2. The summed E-state index contributed by atoms with van der Waals surface area (Å²) in [6.45, 7) is 0.124. The average Bonchev–Trinajstić information content (AvgIpc) is 3.31. The molecule has 0 bridgehead atoms. The van der Waals surface area contributed by atoms with Gasteiger partial charge in [0.25, 0.3) is 0 Å². The summed E-state index contributed by atoms with van der Waals surface area (Å²) in [6, 6.07) is 19.6. The van der Waals surface area contributed by atoms with Gasteiger partial charge in [-0.3, -0.25) is 4.79 Å². The number of carbonyl (C=O) groups excluding carboxylic acids is 1. The lowest BCUT2D eigenvalue weighted by atomic mass is 10.2. The van der Waals surface area contributed by atoms with Crippen LogP contribution in [0.4, 0.5) is 10.1 Å². The fourth-order valence-corrected chi connectivity index (χ4v) is 3.67. The molecule has 0 atom stereocenters. The maximum atomic E-state index is 13.3. The fourth-order valence-electron chi connectivity index (χ4n) is 2.80. The third kappa shape index (κ3) is 3.96. The summed E-state index contributed by atoms with van der Waals surface area (Å²) in [5.41, 5.74) is 3.28. The van der Waals surface area contributed by atoms with Gasteiger partial charge in [0.05, 0.1) is 11.4 Å². The molecule has 0 aliphatic rings. The number of rotatable bonds is 5. The summed E-state index contributed by atoms with van der Waals surface area (Å²) in [5, 5.41) is 5.57. The largest absolute Gasteiger partial charge is 0.336 e. The topological polar surface area (TPSA) is 46.9 Å². The van der Waals surface area contributed by atoms with E-state index in [0.29, 0.717) is 5.69 Å². The highest BCUT2D eigenvalue weighted by atomic mass is 32.1. The van der Waals surface area contributed by atoms with E-state index < -0.39 is 0 Å². The van der Waals surface area contributed by atoms with E-state index in [2.05, 4.69) is 5.32 Å². The van der Waals surface area contributed by atoms with E-state index >= 15 is 0 Å². The Labute approximate surface area is 159 Å². The van der Waals surface area contributed by atoms with Gasteiger partial charge in [-0.15, -0.1) is 11.3 Å². The first-order valence-corrected chi connectivity index (χ1v) is 9.29. The molecule has 1 amide bonds. The van der Waals surface area contributed by atoms with E-state index in [1.165, 1.54) is 23.5 Å². The summed E-state index contributed by atoms with van der Waals surface area (Å²) in [6.07, 6.45) is 1.84. The second-order valence-corrected chi connectivity index (χ2v) is 6.84. The van der Waals surface area contributed by atoms with Gasteiger partial charge < -0.3 is 9.88 Å². The van der Waals surface area contributed by atoms with Gasteiger partial charge in [0.2, 0.25) is 5.91 Å². The van der Waals surface area contributed by atoms with Gasteiger partial charge in [-0.25, -0.2) is 9.37 Å². The zero-order chi connectivity index (χ0) is 18.6. The van der Waals surface area contributed by atoms with Crippen LogP contribution in [0.2, 0.25) is 0 Å². The first-order chi connectivity index (χ1) is 13.2. The molecular formula is C21H16FN3OS. The monoisotopic (exact) mass is 377 g/mol. The number of hydrogen-bond donors (Lipinski definition) is 1. The van der Waals surface area contributed by atoms with Crippen molar-refractivity contribution in [2.45, 2.75) is 6.54 Å². The molecule has 134 valence electrons. The number of carbonyl (C=O) groups is 1. The minimum atomic E-state index is -0.384. The van der Waals surface area contributed by atoms with Crippen molar-refractivity contribution in [2.75, 3.05) is 5.32 Å². The third-order valence-electron chi connectivity index (χ3n) is 4.04. The number of thiazole rings is 1. The molecule has 0 saturated heterocycles. The minimum Gasteiger partial charge on any atom is -0.336 e. The maximum Gasteiger partial charge on any atom is 0.244 e. The summed E-state index contributed by atoms with van der Waals surface area (Å²) in [5.74, 6) is -0.608. The SMILES string of the molecule is O=C(Cn1cccc1-c1nc(-c2ccccc2)cs1)Nc1cccc(F)c1. The molecule has 2 heterocycles. The van der Waals surface area contributed by atoms with E-state index in [1.807, 2.05) is 58.6 Å². The highest BCUT2D eigenvalue weighted by molar-refractivity contribution is 7.13. The highest BCUT2D eigenvalue weighted by Crippen LogP contribution is 2.29. The van der Waals surface area contributed by atoms with Gasteiger partial charge in [0, 0.05) is 22.8 Å². The second-order valence-electron chi connectivity index (χ2n) is 5.98. The molecule has 2 aromatic carbocycles. The van der Waals surface area contributed by atoms with Crippen LogP contribution in [-0.4, -0.2) is 15.5 Å². The molecule has 1 N–H and O–H groups in total. The van der Waals surface area contributed by atoms with Crippen LogP contribution in [0.25, 0.3) is 22.0 Å². The Morgan fingerprint density at radius 1 is 1.07 bits per heavy atom. The predicted molar refractivity (Wildman–Crippen MR) is 106 cm³/mol. The van der Waals surface area contributed by atoms with Crippen molar-refractivity contribution in [1.29, 1.82) is 0 Å². The van der Waals surface area contributed by atoms with Crippen LogP contribution in [0.1, 0.15) is 0 Å². The Kier molecular flexibility index (Phi) is 4.80. The molecular weight excluding hydrogens is 361 g/mol. The Balaban J connectivity index is 1.51. The summed E-state index contributed by atoms with van der Waals surface area (Å²) >= 11 is 1.54.